The average molecular weight is 557 g/mol. The number of para-hydroxylation sites is 1. The van der Waals surface area contributed by atoms with Gasteiger partial charge in [0.1, 0.15) is 11.5 Å². The predicted molar refractivity (Wildman–Crippen MR) is 138 cm³/mol. The second-order valence-electron chi connectivity index (χ2n) is 7.91. The van der Waals surface area contributed by atoms with Gasteiger partial charge in [-0.1, -0.05) is 46.3 Å². The van der Waals surface area contributed by atoms with E-state index >= 15 is 0 Å². The molecule has 182 valence electrons. The Morgan fingerprint density at radius 2 is 1.63 bits per heavy atom. The molecule has 1 heterocycles. The Hall–Kier alpha value is -3.05. The molecule has 3 aromatic rings. The average Bonchev–Trinajstić information content (AvgIpc) is 2.85. The largest absolute Gasteiger partial charge is 0.457 e. The van der Waals surface area contributed by atoms with Crippen molar-refractivity contribution in [3.05, 3.63) is 88.9 Å². The third-order valence-corrected chi connectivity index (χ3v) is 7.83. The molecule has 0 saturated carbocycles. The zero-order chi connectivity index (χ0) is 24.7. The molecule has 1 saturated heterocycles. The van der Waals surface area contributed by atoms with E-state index in [0.717, 1.165) is 15.8 Å². The molecular weight excluding hydrogens is 532 g/mol. The molecule has 0 unspecified atom stereocenters. The standard InChI is InChI=1S/C25H25BrN4O4S/c26-21-9-11-24(12-10-21)35(32,33)30-15-13-29(14-16-30)19-25(31)28-27-18-20-5-4-8-23(17-20)34-22-6-2-1-3-7-22/h1-12,17-18H,13-16,19H2,(H,28,31)/b27-18+. The number of halogens is 1. The normalized spacial score (nSPS) is 15.2. The molecule has 10 heteroatoms. The zero-order valence-electron chi connectivity index (χ0n) is 18.9. The maximum atomic E-state index is 12.8. The number of piperazine rings is 1. The lowest BCUT2D eigenvalue weighted by molar-refractivity contribution is -0.122. The fraction of sp³-hybridized carbons (Fsp3) is 0.200. The first-order chi connectivity index (χ1) is 16.9. The minimum Gasteiger partial charge on any atom is -0.457 e. The fourth-order valence-electron chi connectivity index (χ4n) is 3.58. The van der Waals surface area contributed by atoms with E-state index in [4.69, 9.17) is 4.74 Å². The Balaban J connectivity index is 1.24. The molecule has 1 aliphatic rings. The maximum Gasteiger partial charge on any atom is 0.254 e. The van der Waals surface area contributed by atoms with Gasteiger partial charge in [0.25, 0.3) is 5.91 Å². The number of benzene rings is 3. The Kier molecular flexibility index (Phi) is 8.29. The van der Waals surface area contributed by atoms with Crippen LogP contribution in [-0.4, -0.2) is 62.5 Å². The number of hydrogen-bond donors (Lipinski definition) is 1. The van der Waals surface area contributed by atoms with Crippen LogP contribution < -0.4 is 10.2 Å². The first-order valence-electron chi connectivity index (χ1n) is 11.0. The van der Waals surface area contributed by atoms with Crippen molar-refractivity contribution in [2.75, 3.05) is 32.7 Å². The lowest BCUT2D eigenvalue weighted by Gasteiger charge is -2.33. The summed E-state index contributed by atoms with van der Waals surface area (Å²) in [7, 11) is -3.55. The Morgan fingerprint density at radius 3 is 2.34 bits per heavy atom. The van der Waals surface area contributed by atoms with Gasteiger partial charge in [0.05, 0.1) is 17.7 Å². The first kappa shape index (κ1) is 25.1. The third-order valence-electron chi connectivity index (χ3n) is 5.39. The lowest BCUT2D eigenvalue weighted by Crippen LogP contribution is -2.50. The van der Waals surface area contributed by atoms with Crippen LogP contribution in [-0.2, 0) is 14.8 Å². The van der Waals surface area contributed by atoms with Gasteiger partial charge >= 0.3 is 0 Å². The van der Waals surface area contributed by atoms with Gasteiger partial charge in [-0.25, -0.2) is 13.8 Å². The van der Waals surface area contributed by atoms with E-state index in [1.807, 2.05) is 59.5 Å². The topological polar surface area (TPSA) is 91.3 Å². The molecule has 35 heavy (non-hydrogen) atoms. The van der Waals surface area contributed by atoms with Crippen LogP contribution in [0.2, 0.25) is 0 Å². The van der Waals surface area contributed by atoms with Gasteiger partial charge in [-0.05, 0) is 54.1 Å². The van der Waals surface area contributed by atoms with E-state index in [9.17, 15) is 13.2 Å². The lowest BCUT2D eigenvalue weighted by atomic mass is 10.2. The molecule has 1 amide bonds. The van der Waals surface area contributed by atoms with Gasteiger partial charge in [-0.15, -0.1) is 0 Å². The summed E-state index contributed by atoms with van der Waals surface area (Å²) in [5.41, 5.74) is 3.31. The number of ether oxygens (including phenoxy) is 1. The highest BCUT2D eigenvalue weighted by Gasteiger charge is 2.28. The zero-order valence-corrected chi connectivity index (χ0v) is 21.3. The number of rotatable bonds is 8. The van der Waals surface area contributed by atoms with Crippen LogP contribution in [0.1, 0.15) is 5.56 Å². The number of carbonyl (C=O) groups excluding carboxylic acids is 1. The van der Waals surface area contributed by atoms with Crippen molar-refractivity contribution in [2.24, 2.45) is 5.10 Å². The van der Waals surface area contributed by atoms with Crippen LogP contribution >= 0.6 is 15.9 Å². The van der Waals surface area contributed by atoms with Crippen molar-refractivity contribution in [1.82, 2.24) is 14.6 Å². The van der Waals surface area contributed by atoms with Crippen molar-refractivity contribution in [1.29, 1.82) is 0 Å². The van der Waals surface area contributed by atoms with Crippen LogP contribution in [0.15, 0.2) is 93.3 Å². The van der Waals surface area contributed by atoms with Crippen molar-refractivity contribution < 1.29 is 17.9 Å². The van der Waals surface area contributed by atoms with E-state index < -0.39 is 10.0 Å². The highest BCUT2D eigenvalue weighted by atomic mass is 79.9. The Labute approximate surface area is 213 Å². The monoisotopic (exact) mass is 556 g/mol. The molecule has 0 radical (unpaired) electrons. The van der Waals surface area contributed by atoms with Gasteiger partial charge in [0, 0.05) is 30.7 Å². The molecular formula is C25H25BrN4O4S. The van der Waals surface area contributed by atoms with Crippen molar-refractivity contribution in [2.45, 2.75) is 4.90 Å². The Bertz CT molecular complexity index is 1280. The first-order valence-corrected chi connectivity index (χ1v) is 13.3. The number of nitrogens with zero attached hydrogens (tertiary/aromatic N) is 3. The SMILES string of the molecule is O=C(CN1CCN(S(=O)(=O)c2ccc(Br)cc2)CC1)N/N=C/c1cccc(Oc2ccccc2)c1. The minimum absolute atomic E-state index is 0.140. The summed E-state index contributed by atoms with van der Waals surface area (Å²) in [5.74, 6) is 1.14. The van der Waals surface area contributed by atoms with E-state index in [1.165, 1.54) is 4.31 Å². The number of hydrazone groups is 1. The molecule has 0 aromatic heterocycles. The minimum atomic E-state index is -3.55. The van der Waals surface area contributed by atoms with Crippen molar-refractivity contribution in [3.8, 4) is 11.5 Å². The molecule has 1 aliphatic heterocycles. The van der Waals surface area contributed by atoms with Crippen LogP contribution in [0.5, 0.6) is 11.5 Å². The molecule has 0 atom stereocenters. The predicted octanol–water partition coefficient (Wildman–Crippen LogP) is 3.70. The summed E-state index contributed by atoms with van der Waals surface area (Å²) >= 11 is 3.32. The molecule has 0 bridgehead atoms. The molecule has 1 N–H and O–H groups in total. The second-order valence-corrected chi connectivity index (χ2v) is 10.8. The fourth-order valence-corrected chi connectivity index (χ4v) is 5.27. The molecule has 1 fully saturated rings. The summed E-state index contributed by atoms with van der Waals surface area (Å²) in [5, 5.41) is 4.04. The Morgan fingerprint density at radius 1 is 0.943 bits per heavy atom. The van der Waals surface area contributed by atoms with E-state index in [2.05, 4.69) is 26.5 Å². The van der Waals surface area contributed by atoms with Crippen LogP contribution in [0.4, 0.5) is 0 Å². The maximum absolute atomic E-state index is 12.8. The summed E-state index contributed by atoms with van der Waals surface area (Å²) in [6.07, 6.45) is 1.55. The van der Waals surface area contributed by atoms with Gasteiger partial charge in [-0.2, -0.15) is 9.41 Å². The van der Waals surface area contributed by atoms with Gasteiger partial charge in [0.15, 0.2) is 0 Å². The highest BCUT2D eigenvalue weighted by molar-refractivity contribution is 9.10. The summed E-state index contributed by atoms with van der Waals surface area (Å²) in [4.78, 5) is 14.5. The van der Waals surface area contributed by atoms with Gasteiger partial charge in [-0.3, -0.25) is 9.69 Å². The molecule has 0 aliphatic carbocycles. The van der Waals surface area contributed by atoms with Gasteiger partial charge in [0.2, 0.25) is 10.0 Å². The van der Waals surface area contributed by atoms with Crippen molar-refractivity contribution in [3.63, 3.8) is 0 Å². The van der Waals surface area contributed by atoms with Crippen molar-refractivity contribution >= 4 is 38.1 Å². The van der Waals surface area contributed by atoms with E-state index in [1.54, 1.807) is 30.5 Å². The number of nitrogens with one attached hydrogen (secondary N) is 1. The van der Waals surface area contributed by atoms with Gasteiger partial charge < -0.3 is 4.74 Å². The van der Waals surface area contributed by atoms with E-state index in [-0.39, 0.29) is 17.3 Å². The van der Waals surface area contributed by atoms with Crippen LogP contribution in [0, 0.1) is 0 Å². The number of sulfonamides is 1. The molecule has 3 aromatic carbocycles. The third kappa shape index (κ3) is 6.98. The summed E-state index contributed by atoms with van der Waals surface area (Å²) in [6.45, 7) is 1.71. The number of carbonyl (C=O) groups is 1. The second kappa shape index (κ2) is 11.6. The molecule has 4 rings (SSSR count). The highest BCUT2D eigenvalue weighted by Crippen LogP contribution is 2.22. The smallest absolute Gasteiger partial charge is 0.254 e. The molecule has 8 nitrogen and oxygen atoms in total. The number of hydrogen-bond acceptors (Lipinski definition) is 6. The number of amides is 1. The van der Waals surface area contributed by atoms with E-state index in [0.29, 0.717) is 31.9 Å². The summed E-state index contributed by atoms with van der Waals surface area (Å²) < 4.78 is 33.7. The van der Waals surface area contributed by atoms with Crippen LogP contribution in [0.25, 0.3) is 0 Å². The molecule has 0 spiro atoms. The van der Waals surface area contributed by atoms with Crippen LogP contribution in [0.3, 0.4) is 0 Å². The quantitative estimate of drug-likeness (QED) is 0.337. The summed E-state index contributed by atoms with van der Waals surface area (Å²) in [6, 6.07) is 23.4.